The van der Waals surface area contributed by atoms with Gasteiger partial charge in [0.2, 0.25) is 0 Å². The molecule has 2 nitrogen and oxygen atoms in total. The fourth-order valence-electron chi connectivity index (χ4n) is 9.70. The molecule has 2 heteroatoms. The zero-order chi connectivity index (χ0) is 17.7. The summed E-state index contributed by atoms with van der Waals surface area (Å²) in [6, 6.07) is 0. The molecule has 1 spiro atoms. The van der Waals surface area contributed by atoms with Gasteiger partial charge >= 0.3 is 0 Å². The molecule has 5 aliphatic carbocycles. The van der Waals surface area contributed by atoms with E-state index in [9.17, 15) is 4.79 Å². The number of carbonyl (C=O) groups excluding carboxylic acids is 1. The molecule has 0 N–H and O–H groups in total. The first-order valence-corrected chi connectivity index (χ1v) is 10.9. The maximum Gasteiger partial charge on any atom is 0.126 e. The molecule has 0 aliphatic heterocycles. The van der Waals surface area contributed by atoms with E-state index >= 15 is 0 Å². The zero-order valence-corrected chi connectivity index (χ0v) is 16.6. The van der Waals surface area contributed by atoms with Crippen LogP contribution in [0.2, 0.25) is 0 Å². The van der Waals surface area contributed by atoms with Crippen LogP contribution in [0.15, 0.2) is 0 Å². The van der Waals surface area contributed by atoms with Gasteiger partial charge in [-0.3, -0.25) is 0 Å². The average Bonchev–Trinajstić information content (AvgIpc) is 3.05. The van der Waals surface area contributed by atoms with Crippen LogP contribution < -0.4 is 0 Å². The SMILES string of the molecule is CC[C@H]1CC[C@H]2[C@@H]3C[C@@H](OC)[C@]45C[C@]4(C=O)CC[C@]5(C)[C@@H]3CC[C@]12C. The third-order valence-corrected chi connectivity index (χ3v) is 11.0. The van der Waals surface area contributed by atoms with E-state index in [0.717, 1.165) is 36.5 Å². The van der Waals surface area contributed by atoms with Crippen molar-refractivity contribution in [3.05, 3.63) is 0 Å². The molecule has 5 fully saturated rings. The molecule has 5 aliphatic rings. The fraction of sp³-hybridized carbons (Fsp3) is 0.957. The molecule has 0 amide bonds. The van der Waals surface area contributed by atoms with Gasteiger partial charge < -0.3 is 9.53 Å². The molecule has 0 aromatic carbocycles. The predicted molar refractivity (Wildman–Crippen MR) is 99.1 cm³/mol. The van der Waals surface area contributed by atoms with Gasteiger partial charge in [-0.25, -0.2) is 0 Å². The third-order valence-electron chi connectivity index (χ3n) is 11.0. The van der Waals surface area contributed by atoms with Gasteiger partial charge in [0.1, 0.15) is 6.29 Å². The van der Waals surface area contributed by atoms with Crippen molar-refractivity contribution < 1.29 is 9.53 Å². The second-order valence-corrected chi connectivity index (χ2v) is 10.9. The zero-order valence-electron chi connectivity index (χ0n) is 16.6. The van der Waals surface area contributed by atoms with Crippen LogP contribution >= 0.6 is 0 Å². The Labute approximate surface area is 153 Å². The van der Waals surface area contributed by atoms with Gasteiger partial charge in [-0.15, -0.1) is 0 Å². The monoisotopic (exact) mass is 344 g/mol. The molecular weight excluding hydrogens is 308 g/mol. The van der Waals surface area contributed by atoms with E-state index in [1.807, 2.05) is 7.11 Å². The van der Waals surface area contributed by atoms with Crippen LogP contribution in [0.25, 0.3) is 0 Å². The highest BCUT2D eigenvalue weighted by atomic mass is 16.5. The summed E-state index contributed by atoms with van der Waals surface area (Å²) in [7, 11) is 1.91. The summed E-state index contributed by atoms with van der Waals surface area (Å²) in [6.07, 6.45) is 13.4. The van der Waals surface area contributed by atoms with E-state index in [2.05, 4.69) is 20.8 Å². The number of rotatable bonds is 3. The Morgan fingerprint density at radius 1 is 1.08 bits per heavy atom. The van der Waals surface area contributed by atoms with Crippen LogP contribution in [-0.4, -0.2) is 19.5 Å². The van der Waals surface area contributed by atoms with E-state index < -0.39 is 0 Å². The molecule has 25 heavy (non-hydrogen) atoms. The molecule has 0 saturated heterocycles. The van der Waals surface area contributed by atoms with E-state index in [4.69, 9.17) is 4.74 Å². The van der Waals surface area contributed by atoms with Crippen LogP contribution in [0.1, 0.15) is 78.6 Å². The number of fused-ring (bicyclic) bond motifs is 4. The Hall–Kier alpha value is -0.370. The molecule has 0 aromatic heterocycles. The number of ether oxygens (including phenoxy) is 1. The summed E-state index contributed by atoms with van der Waals surface area (Å²) < 4.78 is 6.17. The lowest BCUT2D eigenvalue weighted by Gasteiger charge is -2.60. The molecule has 5 saturated carbocycles. The Morgan fingerprint density at radius 3 is 2.52 bits per heavy atom. The van der Waals surface area contributed by atoms with Gasteiger partial charge in [0.25, 0.3) is 0 Å². The number of carbonyl (C=O) groups is 1. The van der Waals surface area contributed by atoms with Crippen LogP contribution in [0.3, 0.4) is 0 Å². The van der Waals surface area contributed by atoms with Crippen molar-refractivity contribution in [2.45, 2.75) is 84.7 Å². The predicted octanol–water partition coefficient (Wildman–Crippen LogP) is 5.25. The minimum absolute atomic E-state index is 0.0320. The molecule has 0 unspecified atom stereocenters. The van der Waals surface area contributed by atoms with Crippen molar-refractivity contribution in [2.24, 2.45) is 45.3 Å². The summed E-state index contributed by atoms with van der Waals surface area (Å²) in [4.78, 5) is 12.0. The van der Waals surface area contributed by atoms with E-state index in [1.165, 1.54) is 51.2 Å². The van der Waals surface area contributed by atoms with E-state index in [-0.39, 0.29) is 10.8 Å². The van der Waals surface area contributed by atoms with Crippen molar-refractivity contribution in [1.82, 2.24) is 0 Å². The Bertz CT molecular complexity index is 601. The molecule has 0 radical (unpaired) electrons. The second kappa shape index (κ2) is 4.91. The summed E-state index contributed by atoms with van der Waals surface area (Å²) in [6.45, 7) is 7.58. The molecule has 0 aromatic rings. The first-order valence-electron chi connectivity index (χ1n) is 10.9. The molecule has 0 bridgehead atoms. The first kappa shape index (κ1) is 16.8. The topological polar surface area (TPSA) is 26.3 Å². The Kier molecular flexibility index (Phi) is 3.30. The standard InChI is InChI=1S/C23H36O2/c1-5-15-6-7-17-16-12-19(25-4)23-13-22(23,14-24)11-10-21(23,3)18(16)8-9-20(15,17)2/h14-19H,5-13H2,1-4H3/t15-,16-,17-,18+,19+,20+,21+,22-,23-/m0/s1. The summed E-state index contributed by atoms with van der Waals surface area (Å²) in [5.41, 5.74) is 1.05. The summed E-state index contributed by atoms with van der Waals surface area (Å²) in [5, 5.41) is 0. The van der Waals surface area contributed by atoms with Crippen molar-refractivity contribution in [1.29, 1.82) is 0 Å². The van der Waals surface area contributed by atoms with Gasteiger partial charge in [0.15, 0.2) is 0 Å². The number of hydrogen-bond acceptors (Lipinski definition) is 2. The van der Waals surface area contributed by atoms with Crippen molar-refractivity contribution in [3.8, 4) is 0 Å². The van der Waals surface area contributed by atoms with Crippen molar-refractivity contribution in [2.75, 3.05) is 7.11 Å². The number of methoxy groups -OCH3 is 1. The highest BCUT2D eigenvalue weighted by Gasteiger charge is 2.84. The van der Waals surface area contributed by atoms with Crippen LogP contribution in [-0.2, 0) is 9.53 Å². The molecular formula is C23H36O2. The lowest BCUT2D eigenvalue weighted by Crippen LogP contribution is -2.57. The highest BCUT2D eigenvalue weighted by Crippen LogP contribution is 2.86. The third kappa shape index (κ3) is 1.62. The number of hydrogen-bond donors (Lipinski definition) is 0. The minimum Gasteiger partial charge on any atom is -0.381 e. The molecule has 5 rings (SSSR count). The summed E-state index contributed by atoms with van der Waals surface area (Å²) in [5.74, 6) is 3.49. The van der Waals surface area contributed by atoms with E-state index in [0.29, 0.717) is 16.9 Å². The Balaban J connectivity index is 1.55. The van der Waals surface area contributed by atoms with Crippen LogP contribution in [0, 0.1) is 45.3 Å². The lowest BCUT2D eigenvalue weighted by molar-refractivity contribution is -0.164. The maximum atomic E-state index is 12.0. The smallest absolute Gasteiger partial charge is 0.126 e. The second-order valence-electron chi connectivity index (χ2n) is 10.9. The van der Waals surface area contributed by atoms with Crippen molar-refractivity contribution in [3.63, 3.8) is 0 Å². The van der Waals surface area contributed by atoms with Gasteiger partial charge in [-0.1, -0.05) is 27.2 Å². The fourth-order valence-corrected chi connectivity index (χ4v) is 9.70. The van der Waals surface area contributed by atoms with Crippen LogP contribution in [0.4, 0.5) is 0 Å². The van der Waals surface area contributed by atoms with Gasteiger partial charge in [-0.05, 0) is 85.9 Å². The highest BCUT2D eigenvalue weighted by molar-refractivity contribution is 5.70. The van der Waals surface area contributed by atoms with Gasteiger partial charge in [-0.2, -0.15) is 0 Å². The molecule has 9 atom stereocenters. The van der Waals surface area contributed by atoms with Crippen LogP contribution in [0.5, 0.6) is 0 Å². The molecule has 140 valence electrons. The normalized spacial score (nSPS) is 61.8. The Morgan fingerprint density at radius 2 is 1.88 bits per heavy atom. The largest absolute Gasteiger partial charge is 0.381 e. The van der Waals surface area contributed by atoms with Gasteiger partial charge in [0, 0.05) is 17.9 Å². The van der Waals surface area contributed by atoms with Gasteiger partial charge in [0.05, 0.1) is 6.10 Å². The lowest BCUT2D eigenvalue weighted by atomic mass is 9.45. The van der Waals surface area contributed by atoms with E-state index in [1.54, 1.807) is 0 Å². The minimum atomic E-state index is -0.0320. The van der Waals surface area contributed by atoms with Crippen molar-refractivity contribution >= 4 is 6.29 Å². The summed E-state index contributed by atoms with van der Waals surface area (Å²) >= 11 is 0. The first-order chi connectivity index (χ1) is 11.9. The average molecular weight is 345 g/mol. The number of aldehydes is 1. The molecule has 0 heterocycles. The quantitative estimate of drug-likeness (QED) is 0.654. The maximum absolute atomic E-state index is 12.0.